The third-order valence-electron chi connectivity index (χ3n) is 1.71. The van der Waals surface area contributed by atoms with Gasteiger partial charge in [-0.1, -0.05) is 27.7 Å². The number of aromatic amines is 1. The van der Waals surface area contributed by atoms with Gasteiger partial charge in [-0.25, -0.2) is 4.98 Å². The van der Waals surface area contributed by atoms with Gasteiger partial charge in [-0.15, -0.1) is 11.3 Å². The number of nitrogens with zero attached hydrogens (tertiary/aromatic N) is 1. The lowest BCUT2D eigenvalue weighted by Crippen LogP contribution is -1.71. The van der Waals surface area contributed by atoms with Crippen molar-refractivity contribution in [1.29, 1.82) is 0 Å². The molecule has 0 saturated heterocycles. The quantitative estimate of drug-likeness (QED) is 0.742. The summed E-state index contributed by atoms with van der Waals surface area (Å²) in [4.78, 5) is 9.95. The van der Waals surface area contributed by atoms with Crippen LogP contribution >= 0.6 is 11.3 Å². The minimum atomic E-state index is 0. The van der Waals surface area contributed by atoms with Gasteiger partial charge in [-0.2, -0.15) is 0 Å². The van der Waals surface area contributed by atoms with Crippen LogP contribution in [0.15, 0.2) is 18.3 Å². The Morgan fingerprint density at radius 2 is 1.75 bits per heavy atom. The number of aromatic nitrogens is 2. The summed E-state index contributed by atoms with van der Waals surface area (Å²) in [7, 11) is 0. The normalized spacial score (nSPS) is 8.62. The van der Waals surface area contributed by atoms with E-state index in [1.807, 2.05) is 40.8 Å². The lowest BCUT2D eigenvalue weighted by Gasteiger charge is -1.87. The molecule has 0 radical (unpaired) electrons. The third kappa shape index (κ3) is 4.19. The Morgan fingerprint density at radius 1 is 1.12 bits per heavy atom. The summed E-state index contributed by atoms with van der Waals surface area (Å²) in [6.07, 6.45) is 1.88. The van der Waals surface area contributed by atoms with Gasteiger partial charge in [0.25, 0.3) is 0 Å². The lowest BCUT2D eigenvalue weighted by molar-refractivity contribution is 1.15. The number of rotatable bonds is 1. The van der Waals surface area contributed by atoms with Gasteiger partial charge in [0, 0.05) is 6.30 Å². The molecule has 0 unspecified atom stereocenters. The van der Waals surface area contributed by atoms with Crippen LogP contribution in [-0.2, 0) is 0 Å². The number of hydrogen-bond acceptors (Lipinski definition) is 2. The number of thiophene rings is 1. The topological polar surface area (TPSA) is 28.7 Å². The van der Waals surface area contributed by atoms with Crippen molar-refractivity contribution in [1.82, 2.24) is 9.97 Å². The summed E-state index contributed by atoms with van der Waals surface area (Å²) in [5.41, 5.74) is 1.12. The summed E-state index contributed by atoms with van der Waals surface area (Å²) in [6.45, 7) is 12.1. The number of hydrogen-bond donors (Lipinski definition) is 1. The maximum atomic E-state index is 4.15. The van der Waals surface area contributed by atoms with Gasteiger partial charge < -0.3 is 4.98 Å². The Kier molecular flexibility index (Phi) is 7.56. The van der Waals surface area contributed by atoms with Crippen molar-refractivity contribution in [3.05, 3.63) is 29.0 Å². The monoisotopic (exact) mass is 240 g/mol. The van der Waals surface area contributed by atoms with E-state index < -0.39 is 0 Å². The molecule has 1 N–H and O–H groups in total. The molecule has 16 heavy (non-hydrogen) atoms. The molecule has 0 aliphatic heterocycles. The van der Waals surface area contributed by atoms with Gasteiger partial charge in [0.15, 0.2) is 0 Å². The van der Waals surface area contributed by atoms with E-state index in [-0.39, 0.29) is 1.43 Å². The number of nitrogens with one attached hydrogen (secondary N) is 1. The fourth-order valence-corrected chi connectivity index (χ4v) is 1.96. The van der Waals surface area contributed by atoms with Crippen molar-refractivity contribution in [3.8, 4) is 10.6 Å². The summed E-state index contributed by atoms with van der Waals surface area (Å²) in [5.74, 6) is 0.969. The highest BCUT2D eigenvalue weighted by atomic mass is 32.1. The van der Waals surface area contributed by atoms with Crippen LogP contribution in [0.1, 0.15) is 39.8 Å². The molecular weight excluding hydrogens is 216 g/mol. The molecule has 0 fully saturated rings. The molecule has 0 aliphatic carbocycles. The maximum Gasteiger partial charge on any atom is 0.103 e. The van der Waals surface area contributed by atoms with Crippen molar-refractivity contribution in [2.24, 2.45) is 0 Å². The average molecular weight is 240 g/mol. The van der Waals surface area contributed by atoms with E-state index >= 15 is 0 Å². The standard InChI is InChI=1S/C9H10N2S.2C2H6.H2/c1-6-3-4-9(12-6)8-5-10-7(2)11-8;2*1-2;/h3-5H,1-2H3,(H,10,11);2*1-2H3;1H. The second-order valence-electron chi connectivity index (χ2n) is 2.79. The minimum Gasteiger partial charge on any atom is -0.342 e. The van der Waals surface area contributed by atoms with Crippen LogP contribution in [0.25, 0.3) is 10.6 Å². The summed E-state index contributed by atoms with van der Waals surface area (Å²) in [5, 5.41) is 0. The van der Waals surface area contributed by atoms with Gasteiger partial charge in [-0.05, 0) is 26.0 Å². The Morgan fingerprint density at radius 3 is 2.12 bits per heavy atom. The molecule has 0 bridgehead atoms. The molecule has 2 aromatic heterocycles. The van der Waals surface area contributed by atoms with Crippen molar-refractivity contribution in [2.75, 3.05) is 0 Å². The van der Waals surface area contributed by atoms with Crippen molar-refractivity contribution in [3.63, 3.8) is 0 Å². The zero-order valence-corrected chi connectivity index (χ0v) is 11.9. The van der Waals surface area contributed by atoms with Gasteiger partial charge in [0.2, 0.25) is 0 Å². The Labute approximate surface area is 104 Å². The second kappa shape index (κ2) is 8.11. The molecule has 2 nitrogen and oxygen atoms in total. The van der Waals surface area contributed by atoms with E-state index in [2.05, 4.69) is 29.0 Å². The first-order chi connectivity index (χ1) is 7.75. The third-order valence-corrected chi connectivity index (χ3v) is 2.74. The minimum absolute atomic E-state index is 0. The van der Waals surface area contributed by atoms with Crippen LogP contribution in [0, 0.1) is 13.8 Å². The molecule has 2 aromatic rings. The van der Waals surface area contributed by atoms with E-state index in [4.69, 9.17) is 0 Å². The zero-order chi connectivity index (χ0) is 12.6. The first kappa shape index (κ1) is 14.9. The summed E-state index contributed by atoms with van der Waals surface area (Å²) < 4.78 is 0. The number of aryl methyl sites for hydroxylation is 2. The Hall–Kier alpha value is -1.09. The SMILES string of the molecule is CC.CC.Cc1ncc(-c2ccc(C)s2)[nH]1.[HH]. The lowest BCUT2D eigenvalue weighted by atomic mass is 10.4. The smallest absolute Gasteiger partial charge is 0.103 e. The van der Waals surface area contributed by atoms with E-state index in [0.717, 1.165) is 11.5 Å². The molecule has 2 heterocycles. The van der Waals surface area contributed by atoms with Crippen molar-refractivity contribution >= 4 is 11.3 Å². The fraction of sp³-hybridized carbons (Fsp3) is 0.462. The molecule has 0 amide bonds. The van der Waals surface area contributed by atoms with Crippen LogP contribution < -0.4 is 0 Å². The molecule has 0 atom stereocenters. The molecule has 0 aromatic carbocycles. The van der Waals surface area contributed by atoms with Crippen LogP contribution in [0.3, 0.4) is 0 Å². The van der Waals surface area contributed by atoms with E-state index in [1.165, 1.54) is 9.75 Å². The van der Waals surface area contributed by atoms with E-state index in [9.17, 15) is 0 Å². The number of imidazole rings is 1. The van der Waals surface area contributed by atoms with E-state index in [1.54, 1.807) is 11.3 Å². The summed E-state index contributed by atoms with van der Waals surface area (Å²) in [6, 6.07) is 4.24. The van der Waals surface area contributed by atoms with Gasteiger partial charge in [-0.3, -0.25) is 0 Å². The highest BCUT2D eigenvalue weighted by Gasteiger charge is 2.01. The fourth-order valence-electron chi connectivity index (χ4n) is 1.13. The summed E-state index contributed by atoms with van der Waals surface area (Å²) >= 11 is 1.78. The molecule has 2 rings (SSSR count). The largest absolute Gasteiger partial charge is 0.342 e. The molecular formula is C13H24N2S. The molecule has 0 saturated carbocycles. The van der Waals surface area contributed by atoms with Crippen LogP contribution in [0.5, 0.6) is 0 Å². The average Bonchev–Trinajstić information content (AvgIpc) is 2.93. The zero-order valence-electron chi connectivity index (χ0n) is 11.1. The van der Waals surface area contributed by atoms with Gasteiger partial charge in [0.1, 0.15) is 5.82 Å². The van der Waals surface area contributed by atoms with Gasteiger partial charge in [0.05, 0.1) is 16.8 Å². The first-order valence-electron chi connectivity index (χ1n) is 5.84. The first-order valence-corrected chi connectivity index (χ1v) is 6.66. The van der Waals surface area contributed by atoms with Crippen LogP contribution in [0.4, 0.5) is 0 Å². The predicted octanol–water partition coefficient (Wildman–Crippen LogP) is 5.05. The second-order valence-corrected chi connectivity index (χ2v) is 4.08. The highest BCUT2D eigenvalue weighted by Crippen LogP contribution is 2.25. The van der Waals surface area contributed by atoms with Crippen molar-refractivity contribution < 1.29 is 1.43 Å². The molecule has 0 aliphatic rings. The Bertz CT molecular complexity index is 355. The molecule has 0 spiro atoms. The molecule has 92 valence electrons. The highest BCUT2D eigenvalue weighted by molar-refractivity contribution is 7.15. The maximum absolute atomic E-state index is 4.15. The predicted molar refractivity (Wildman–Crippen MR) is 76.2 cm³/mol. The van der Waals surface area contributed by atoms with Gasteiger partial charge >= 0.3 is 0 Å². The van der Waals surface area contributed by atoms with E-state index in [0.29, 0.717) is 0 Å². The van der Waals surface area contributed by atoms with Crippen LogP contribution in [0.2, 0.25) is 0 Å². The molecule has 3 heteroatoms. The Balaban J connectivity index is 0. The number of H-pyrrole nitrogens is 1. The van der Waals surface area contributed by atoms with Crippen LogP contribution in [-0.4, -0.2) is 9.97 Å². The van der Waals surface area contributed by atoms with Crippen molar-refractivity contribution in [2.45, 2.75) is 41.5 Å².